The Balaban J connectivity index is 1.93. The molecule has 0 unspecified atom stereocenters. The third kappa shape index (κ3) is 3.82. The van der Waals surface area contributed by atoms with Crippen LogP contribution in [-0.2, 0) is 11.2 Å². The average Bonchev–Trinajstić information content (AvgIpc) is 2.46. The second-order valence-corrected chi connectivity index (χ2v) is 4.42. The van der Waals surface area contributed by atoms with E-state index < -0.39 is 0 Å². The van der Waals surface area contributed by atoms with Crippen molar-refractivity contribution in [2.75, 3.05) is 17.2 Å². The first kappa shape index (κ1) is 14.1. The second kappa shape index (κ2) is 6.70. The summed E-state index contributed by atoms with van der Waals surface area (Å²) in [5.74, 6) is -0.484. The highest BCUT2D eigenvalue weighted by atomic mass is 19.1. The highest BCUT2D eigenvalue weighted by molar-refractivity contribution is 5.94. The lowest BCUT2D eigenvalue weighted by molar-refractivity contribution is -0.114. The van der Waals surface area contributed by atoms with Crippen molar-refractivity contribution in [1.29, 1.82) is 0 Å². The molecule has 2 aromatic carbocycles. The van der Waals surface area contributed by atoms with Gasteiger partial charge in [-0.15, -0.1) is 0 Å². The van der Waals surface area contributed by atoms with Gasteiger partial charge in [0.05, 0.1) is 6.54 Å². The van der Waals surface area contributed by atoms with E-state index in [-0.39, 0.29) is 18.3 Å². The van der Waals surface area contributed by atoms with Crippen LogP contribution < -0.4 is 10.6 Å². The Bertz CT molecular complexity index is 599. The molecule has 2 aromatic rings. The molecule has 0 aliphatic heterocycles. The summed E-state index contributed by atoms with van der Waals surface area (Å²) in [6.45, 7) is 2.14. The fraction of sp³-hybridized carbons (Fsp3) is 0.188. The lowest BCUT2D eigenvalue weighted by Crippen LogP contribution is -2.22. The molecule has 0 saturated heterocycles. The van der Waals surface area contributed by atoms with Gasteiger partial charge in [-0.05, 0) is 36.2 Å². The van der Waals surface area contributed by atoms with Crippen molar-refractivity contribution in [2.24, 2.45) is 0 Å². The average molecular weight is 272 g/mol. The fourth-order valence-corrected chi connectivity index (χ4v) is 1.93. The molecule has 0 radical (unpaired) electrons. The first-order chi connectivity index (χ1) is 9.69. The van der Waals surface area contributed by atoms with E-state index in [4.69, 9.17) is 0 Å². The van der Waals surface area contributed by atoms with Crippen LogP contribution in [0.15, 0.2) is 48.5 Å². The zero-order valence-electron chi connectivity index (χ0n) is 11.3. The quantitative estimate of drug-likeness (QED) is 0.875. The SMILES string of the molecule is CCc1ccccc1NC(=O)CNc1cccc(F)c1. The third-order valence-electron chi connectivity index (χ3n) is 2.95. The van der Waals surface area contributed by atoms with Crippen molar-refractivity contribution < 1.29 is 9.18 Å². The van der Waals surface area contributed by atoms with Crippen molar-refractivity contribution in [3.05, 3.63) is 59.9 Å². The Morgan fingerprint density at radius 2 is 1.95 bits per heavy atom. The molecule has 104 valence electrons. The molecular weight excluding hydrogens is 255 g/mol. The van der Waals surface area contributed by atoms with Crippen LogP contribution in [0, 0.1) is 5.82 Å². The minimum Gasteiger partial charge on any atom is -0.376 e. The molecule has 0 heterocycles. The lowest BCUT2D eigenvalue weighted by Gasteiger charge is -2.10. The van der Waals surface area contributed by atoms with Crippen LogP contribution in [0.4, 0.5) is 15.8 Å². The maximum Gasteiger partial charge on any atom is 0.243 e. The number of aryl methyl sites for hydroxylation is 1. The van der Waals surface area contributed by atoms with Crippen LogP contribution in [-0.4, -0.2) is 12.5 Å². The molecule has 4 heteroatoms. The van der Waals surface area contributed by atoms with Gasteiger partial charge in [0.1, 0.15) is 5.82 Å². The summed E-state index contributed by atoms with van der Waals surface area (Å²) in [4.78, 5) is 11.9. The van der Waals surface area contributed by atoms with Crippen LogP contribution in [0.5, 0.6) is 0 Å². The van der Waals surface area contributed by atoms with Crippen molar-refractivity contribution in [1.82, 2.24) is 0 Å². The second-order valence-electron chi connectivity index (χ2n) is 4.42. The predicted octanol–water partition coefficient (Wildman–Crippen LogP) is 3.44. The van der Waals surface area contributed by atoms with Gasteiger partial charge in [0.25, 0.3) is 0 Å². The van der Waals surface area contributed by atoms with Crippen molar-refractivity contribution in [2.45, 2.75) is 13.3 Å². The van der Waals surface area contributed by atoms with Gasteiger partial charge in [-0.3, -0.25) is 4.79 Å². The zero-order chi connectivity index (χ0) is 14.4. The van der Waals surface area contributed by atoms with Crippen LogP contribution in [0.2, 0.25) is 0 Å². The summed E-state index contributed by atoms with van der Waals surface area (Å²) < 4.78 is 13.0. The molecule has 1 amide bonds. The number of rotatable bonds is 5. The molecular formula is C16H17FN2O. The number of benzene rings is 2. The minimum absolute atomic E-state index is 0.0987. The number of carbonyl (C=O) groups excluding carboxylic acids is 1. The molecule has 0 aliphatic rings. The number of halogens is 1. The molecule has 0 spiro atoms. The molecule has 0 aromatic heterocycles. The Labute approximate surface area is 117 Å². The standard InChI is InChI=1S/C16H17FN2O/c1-2-12-6-3-4-9-15(12)19-16(20)11-18-14-8-5-7-13(17)10-14/h3-10,18H,2,11H2,1H3,(H,19,20). The fourth-order valence-electron chi connectivity index (χ4n) is 1.93. The Hall–Kier alpha value is -2.36. The summed E-state index contributed by atoms with van der Waals surface area (Å²) >= 11 is 0. The monoisotopic (exact) mass is 272 g/mol. The predicted molar refractivity (Wildman–Crippen MR) is 79.3 cm³/mol. The van der Waals surface area contributed by atoms with Gasteiger partial charge >= 0.3 is 0 Å². The molecule has 0 atom stereocenters. The Morgan fingerprint density at radius 3 is 2.70 bits per heavy atom. The van der Waals surface area contributed by atoms with E-state index >= 15 is 0 Å². The largest absolute Gasteiger partial charge is 0.376 e. The van der Waals surface area contributed by atoms with E-state index in [1.165, 1.54) is 12.1 Å². The van der Waals surface area contributed by atoms with Crippen molar-refractivity contribution in [3.8, 4) is 0 Å². The summed E-state index contributed by atoms with van der Waals surface area (Å²) in [6.07, 6.45) is 0.855. The summed E-state index contributed by atoms with van der Waals surface area (Å²) in [7, 11) is 0. The molecule has 0 fully saturated rings. The number of nitrogens with one attached hydrogen (secondary N) is 2. The van der Waals surface area contributed by atoms with Crippen LogP contribution in [0.3, 0.4) is 0 Å². The van der Waals surface area contributed by atoms with E-state index in [1.807, 2.05) is 31.2 Å². The Kier molecular flexibility index (Phi) is 4.71. The zero-order valence-corrected chi connectivity index (χ0v) is 11.3. The minimum atomic E-state index is -0.327. The van der Waals surface area contributed by atoms with Gasteiger partial charge < -0.3 is 10.6 Å². The van der Waals surface area contributed by atoms with Crippen molar-refractivity contribution in [3.63, 3.8) is 0 Å². The van der Waals surface area contributed by atoms with E-state index in [2.05, 4.69) is 10.6 Å². The molecule has 2 rings (SSSR count). The normalized spacial score (nSPS) is 10.1. The maximum absolute atomic E-state index is 13.0. The first-order valence-corrected chi connectivity index (χ1v) is 6.56. The smallest absolute Gasteiger partial charge is 0.243 e. The van der Waals surface area contributed by atoms with Crippen LogP contribution >= 0.6 is 0 Å². The molecule has 3 nitrogen and oxygen atoms in total. The highest BCUT2D eigenvalue weighted by Crippen LogP contribution is 2.15. The third-order valence-corrected chi connectivity index (χ3v) is 2.95. The molecule has 20 heavy (non-hydrogen) atoms. The highest BCUT2D eigenvalue weighted by Gasteiger charge is 2.05. The lowest BCUT2D eigenvalue weighted by atomic mass is 10.1. The Morgan fingerprint density at radius 1 is 1.15 bits per heavy atom. The summed E-state index contributed by atoms with van der Waals surface area (Å²) in [5, 5.41) is 5.74. The van der Waals surface area contributed by atoms with E-state index in [0.29, 0.717) is 5.69 Å². The molecule has 2 N–H and O–H groups in total. The number of anilines is 2. The number of hydrogen-bond acceptors (Lipinski definition) is 2. The van der Waals surface area contributed by atoms with Gasteiger partial charge in [-0.1, -0.05) is 31.2 Å². The van der Waals surface area contributed by atoms with Gasteiger partial charge in [0, 0.05) is 11.4 Å². The van der Waals surface area contributed by atoms with Crippen LogP contribution in [0.25, 0.3) is 0 Å². The van der Waals surface area contributed by atoms with Gasteiger partial charge in [-0.2, -0.15) is 0 Å². The molecule has 0 bridgehead atoms. The number of hydrogen-bond donors (Lipinski definition) is 2. The van der Waals surface area contributed by atoms with E-state index in [0.717, 1.165) is 17.7 Å². The van der Waals surface area contributed by atoms with Gasteiger partial charge in [0.15, 0.2) is 0 Å². The van der Waals surface area contributed by atoms with E-state index in [1.54, 1.807) is 12.1 Å². The number of carbonyl (C=O) groups is 1. The molecule has 0 saturated carbocycles. The number of para-hydroxylation sites is 1. The molecule has 0 aliphatic carbocycles. The first-order valence-electron chi connectivity index (χ1n) is 6.56. The summed E-state index contributed by atoms with van der Waals surface area (Å²) in [5.41, 5.74) is 2.50. The van der Waals surface area contributed by atoms with Crippen LogP contribution in [0.1, 0.15) is 12.5 Å². The topological polar surface area (TPSA) is 41.1 Å². The number of amides is 1. The van der Waals surface area contributed by atoms with Crippen molar-refractivity contribution >= 4 is 17.3 Å². The summed E-state index contributed by atoms with van der Waals surface area (Å²) in [6, 6.07) is 13.7. The van der Waals surface area contributed by atoms with E-state index in [9.17, 15) is 9.18 Å². The maximum atomic E-state index is 13.0. The van der Waals surface area contributed by atoms with Gasteiger partial charge in [0.2, 0.25) is 5.91 Å². The van der Waals surface area contributed by atoms with Gasteiger partial charge in [-0.25, -0.2) is 4.39 Å².